The standard InChI is InChI=1S/C49H36ClN/c1-49(2)47-31-37(22-23-45(47)46-29-35-18-12-13-19-36(35)30-48(46)49)40-25-41(50)32-44(28-40)51(42-20-10-5-11-21-42)43-26-38(33-14-6-3-7-15-33)24-39(27-43)34-16-8-4-9-17-34/h3-32H,1-2H3. The fourth-order valence-corrected chi connectivity index (χ4v) is 8.06. The van der Waals surface area contributed by atoms with Gasteiger partial charge in [-0.25, -0.2) is 0 Å². The lowest BCUT2D eigenvalue weighted by Gasteiger charge is -2.28. The van der Waals surface area contributed by atoms with Crippen molar-refractivity contribution in [1.82, 2.24) is 0 Å². The summed E-state index contributed by atoms with van der Waals surface area (Å²) in [5.74, 6) is 0. The first kappa shape index (κ1) is 31.1. The number of halogens is 1. The van der Waals surface area contributed by atoms with Crippen LogP contribution < -0.4 is 4.90 Å². The van der Waals surface area contributed by atoms with Crippen molar-refractivity contribution in [3.8, 4) is 44.5 Å². The molecule has 0 N–H and O–H groups in total. The van der Waals surface area contributed by atoms with Gasteiger partial charge in [-0.05, 0) is 133 Å². The number of fused-ring (bicyclic) bond motifs is 4. The van der Waals surface area contributed by atoms with E-state index in [1.165, 1.54) is 44.2 Å². The molecule has 0 unspecified atom stereocenters. The molecule has 9 rings (SSSR count). The summed E-state index contributed by atoms with van der Waals surface area (Å²) < 4.78 is 0. The van der Waals surface area contributed by atoms with E-state index in [2.05, 4.69) is 201 Å². The average molecular weight is 674 g/mol. The number of para-hydroxylation sites is 1. The average Bonchev–Trinajstić information content (AvgIpc) is 3.39. The van der Waals surface area contributed by atoms with Crippen LogP contribution in [-0.4, -0.2) is 0 Å². The zero-order valence-corrected chi connectivity index (χ0v) is 29.4. The van der Waals surface area contributed by atoms with Crippen LogP contribution in [0, 0.1) is 0 Å². The zero-order valence-electron chi connectivity index (χ0n) is 28.6. The number of anilines is 3. The van der Waals surface area contributed by atoms with Gasteiger partial charge in [-0.1, -0.05) is 141 Å². The summed E-state index contributed by atoms with van der Waals surface area (Å²) in [6.45, 7) is 4.70. The van der Waals surface area contributed by atoms with Crippen molar-refractivity contribution in [3.05, 3.63) is 198 Å². The largest absolute Gasteiger partial charge is 0.310 e. The van der Waals surface area contributed by atoms with Gasteiger partial charge in [0.15, 0.2) is 0 Å². The Morgan fingerprint density at radius 2 is 0.882 bits per heavy atom. The van der Waals surface area contributed by atoms with Crippen molar-refractivity contribution in [3.63, 3.8) is 0 Å². The van der Waals surface area contributed by atoms with E-state index in [4.69, 9.17) is 11.6 Å². The maximum Gasteiger partial charge on any atom is 0.0482 e. The summed E-state index contributed by atoms with van der Waals surface area (Å²) in [7, 11) is 0. The summed E-state index contributed by atoms with van der Waals surface area (Å²) in [6, 6.07) is 65.5. The zero-order chi connectivity index (χ0) is 34.5. The molecule has 2 heteroatoms. The molecule has 0 amide bonds. The van der Waals surface area contributed by atoms with Crippen LogP contribution in [0.3, 0.4) is 0 Å². The van der Waals surface area contributed by atoms with Gasteiger partial charge in [-0.15, -0.1) is 0 Å². The number of rotatable bonds is 6. The van der Waals surface area contributed by atoms with E-state index in [1.807, 2.05) is 0 Å². The number of hydrogen-bond donors (Lipinski definition) is 0. The lowest BCUT2D eigenvalue weighted by molar-refractivity contribution is 0.661. The van der Waals surface area contributed by atoms with E-state index >= 15 is 0 Å². The highest BCUT2D eigenvalue weighted by Gasteiger charge is 2.36. The van der Waals surface area contributed by atoms with Crippen molar-refractivity contribution >= 4 is 39.4 Å². The summed E-state index contributed by atoms with van der Waals surface area (Å²) in [6.07, 6.45) is 0. The van der Waals surface area contributed by atoms with Crippen LogP contribution in [0.1, 0.15) is 25.0 Å². The minimum absolute atomic E-state index is 0.131. The van der Waals surface area contributed by atoms with E-state index in [1.54, 1.807) is 0 Å². The van der Waals surface area contributed by atoms with Gasteiger partial charge < -0.3 is 4.90 Å². The van der Waals surface area contributed by atoms with Crippen molar-refractivity contribution < 1.29 is 0 Å². The summed E-state index contributed by atoms with van der Waals surface area (Å²) in [4.78, 5) is 2.33. The Bertz CT molecular complexity index is 2500. The third-order valence-electron chi connectivity index (χ3n) is 10.4. The van der Waals surface area contributed by atoms with Gasteiger partial charge in [0.1, 0.15) is 0 Å². The minimum Gasteiger partial charge on any atom is -0.310 e. The Kier molecular flexibility index (Phi) is 7.60. The molecule has 0 aromatic heterocycles. The van der Waals surface area contributed by atoms with Crippen molar-refractivity contribution in [2.75, 3.05) is 4.90 Å². The summed E-state index contributed by atoms with van der Waals surface area (Å²) >= 11 is 7.05. The van der Waals surface area contributed by atoms with Crippen LogP contribution in [0.4, 0.5) is 17.1 Å². The van der Waals surface area contributed by atoms with E-state index < -0.39 is 0 Å². The third kappa shape index (κ3) is 5.61. The van der Waals surface area contributed by atoms with Gasteiger partial charge in [-0.3, -0.25) is 0 Å². The first-order chi connectivity index (χ1) is 24.9. The molecule has 51 heavy (non-hydrogen) atoms. The molecular formula is C49H36ClN. The van der Waals surface area contributed by atoms with Gasteiger partial charge >= 0.3 is 0 Å². The van der Waals surface area contributed by atoms with Crippen LogP contribution in [0.25, 0.3) is 55.3 Å². The van der Waals surface area contributed by atoms with Crippen molar-refractivity contribution in [2.24, 2.45) is 0 Å². The first-order valence-electron chi connectivity index (χ1n) is 17.5. The van der Waals surface area contributed by atoms with Crippen molar-refractivity contribution in [1.29, 1.82) is 0 Å². The van der Waals surface area contributed by atoms with E-state index in [0.717, 1.165) is 39.3 Å². The molecule has 0 spiro atoms. The van der Waals surface area contributed by atoms with Crippen LogP contribution >= 0.6 is 11.6 Å². The quantitative estimate of drug-likeness (QED) is 0.170. The highest BCUT2D eigenvalue weighted by atomic mass is 35.5. The topological polar surface area (TPSA) is 3.24 Å². The summed E-state index contributed by atoms with van der Waals surface area (Å²) in [5, 5.41) is 3.25. The third-order valence-corrected chi connectivity index (χ3v) is 10.6. The molecule has 0 aliphatic heterocycles. The molecule has 1 nitrogen and oxygen atoms in total. The molecule has 0 saturated heterocycles. The number of hydrogen-bond acceptors (Lipinski definition) is 1. The fraction of sp³-hybridized carbons (Fsp3) is 0.0612. The van der Waals surface area contributed by atoms with Gasteiger partial charge in [-0.2, -0.15) is 0 Å². The Balaban J connectivity index is 1.20. The number of nitrogens with zero attached hydrogens (tertiary/aromatic N) is 1. The molecule has 0 atom stereocenters. The predicted octanol–water partition coefficient (Wildman–Crippen LogP) is 14.3. The predicted molar refractivity (Wildman–Crippen MR) is 218 cm³/mol. The Morgan fingerprint density at radius 1 is 0.373 bits per heavy atom. The van der Waals surface area contributed by atoms with Gasteiger partial charge in [0.05, 0.1) is 0 Å². The van der Waals surface area contributed by atoms with Crippen LogP contribution in [0.15, 0.2) is 182 Å². The maximum atomic E-state index is 7.05. The monoisotopic (exact) mass is 673 g/mol. The van der Waals surface area contributed by atoms with Crippen LogP contribution in [-0.2, 0) is 5.41 Å². The van der Waals surface area contributed by atoms with E-state index in [-0.39, 0.29) is 5.41 Å². The summed E-state index contributed by atoms with van der Waals surface area (Å²) in [5.41, 5.74) is 15.2. The molecule has 8 aromatic carbocycles. The SMILES string of the molecule is CC1(C)c2cc(-c3cc(Cl)cc(N(c4ccccc4)c4cc(-c5ccccc5)cc(-c5ccccc5)c4)c3)ccc2-c2cc3ccccc3cc21. The minimum atomic E-state index is -0.131. The fourth-order valence-electron chi connectivity index (χ4n) is 7.83. The van der Waals surface area contributed by atoms with Gasteiger partial charge in [0.25, 0.3) is 0 Å². The second-order valence-electron chi connectivity index (χ2n) is 14.0. The Hall–Kier alpha value is -5.89. The second-order valence-corrected chi connectivity index (χ2v) is 14.4. The second kappa shape index (κ2) is 12.5. The smallest absolute Gasteiger partial charge is 0.0482 e. The molecule has 244 valence electrons. The highest BCUT2D eigenvalue weighted by molar-refractivity contribution is 6.31. The lowest BCUT2D eigenvalue weighted by Crippen LogP contribution is -2.15. The van der Waals surface area contributed by atoms with Crippen LogP contribution in [0.5, 0.6) is 0 Å². The normalized spacial score (nSPS) is 12.8. The van der Waals surface area contributed by atoms with Crippen LogP contribution in [0.2, 0.25) is 5.02 Å². The highest BCUT2D eigenvalue weighted by Crippen LogP contribution is 2.51. The first-order valence-corrected chi connectivity index (χ1v) is 17.9. The molecule has 0 heterocycles. The molecular weight excluding hydrogens is 638 g/mol. The van der Waals surface area contributed by atoms with Gasteiger partial charge in [0, 0.05) is 27.5 Å². The molecule has 1 aliphatic carbocycles. The lowest BCUT2D eigenvalue weighted by atomic mass is 9.81. The molecule has 0 bridgehead atoms. The number of benzene rings is 8. The van der Waals surface area contributed by atoms with Gasteiger partial charge in [0.2, 0.25) is 0 Å². The van der Waals surface area contributed by atoms with Crippen molar-refractivity contribution in [2.45, 2.75) is 19.3 Å². The molecule has 8 aromatic rings. The Labute approximate surface area is 305 Å². The van der Waals surface area contributed by atoms with E-state index in [0.29, 0.717) is 5.02 Å². The molecule has 0 fully saturated rings. The van der Waals surface area contributed by atoms with E-state index in [9.17, 15) is 0 Å². The molecule has 0 saturated carbocycles. The maximum absolute atomic E-state index is 7.05. The molecule has 0 radical (unpaired) electrons. The Morgan fingerprint density at radius 3 is 1.51 bits per heavy atom. The molecule has 1 aliphatic rings.